The van der Waals surface area contributed by atoms with Crippen LogP contribution in [0.2, 0.25) is 5.02 Å². The van der Waals surface area contributed by atoms with Crippen LogP contribution < -0.4 is 9.47 Å². The topological polar surface area (TPSA) is 76.3 Å². The summed E-state index contributed by atoms with van der Waals surface area (Å²) in [4.78, 5) is 20.0. The van der Waals surface area contributed by atoms with Crippen LogP contribution in [0.3, 0.4) is 0 Å². The number of phenols is 1. The Labute approximate surface area is 213 Å². The molecule has 36 heavy (non-hydrogen) atoms. The number of aromatic hydroxyl groups is 1. The maximum Gasteiger partial charge on any atom is 0.274 e. The van der Waals surface area contributed by atoms with Gasteiger partial charge in [-0.1, -0.05) is 23.7 Å². The molecule has 4 heterocycles. The lowest BCUT2D eigenvalue weighted by Gasteiger charge is -2.22. The fourth-order valence-corrected chi connectivity index (χ4v) is 5.19. The van der Waals surface area contributed by atoms with Gasteiger partial charge in [-0.05, 0) is 84.7 Å². The Morgan fingerprint density at radius 2 is 1.67 bits per heavy atom. The summed E-state index contributed by atoms with van der Waals surface area (Å²) in [5, 5.41) is 11.1. The molecule has 0 unspecified atom stereocenters. The first-order valence-corrected chi connectivity index (χ1v) is 12.6. The van der Waals surface area contributed by atoms with Crippen molar-refractivity contribution >= 4 is 23.2 Å². The Bertz CT molecular complexity index is 1460. The summed E-state index contributed by atoms with van der Waals surface area (Å²) in [6.07, 6.45) is 7.30. The number of carbonyl (C=O) groups is 1. The zero-order valence-electron chi connectivity index (χ0n) is 19.7. The highest BCUT2D eigenvalue weighted by molar-refractivity contribution is 6.30. The van der Waals surface area contributed by atoms with E-state index in [9.17, 15) is 9.90 Å². The number of aryl methyl sites for hydroxylation is 3. The summed E-state index contributed by atoms with van der Waals surface area (Å²) >= 11 is 6.11. The SMILES string of the molecule is O=C(c1cn2cc(Cl)ccc2n1)N1CCCc2cc3c(cc2CCc2cc(ccc2O)CC1)OCO3. The first kappa shape index (κ1) is 22.7. The van der Waals surface area contributed by atoms with Crippen LogP contribution in [0, 0.1) is 0 Å². The van der Waals surface area contributed by atoms with Crippen LogP contribution in [0.15, 0.2) is 54.9 Å². The molecule has 0 aliphatic carbocycles. The smallest absolute Gasteiger partial charge is 0.274 e. The fraction of sp³-hybridized carbons (Fsp3) is 0.286. The van der Waals surface area contributed by atoms with Gasteiger partial charge < -0.3 is 23.9 Å². The first-order chi connectivity index (χ1) is 17.5. The van der Waals surface area contributed by atoms with E-state index in [4.69, 9.17) is 21.1 Å². The van der Waals surface area contributed by atoms with Gasteiger partial charge >= 0.3 is 0 Å². The van der Waals surface area contributed by atoms with Gasteiger partial charge in [0.1, 0.15) is 17.1 Å². The number of halogens is 1. The van der Waals surface area contributed by atoms with Gasteiger partial charge in [-0.3, -0.25) is 4.79 Å². The van der Waals surface area contributed by atoms with E-state index in [1.54, 1.807) is 35.0 Å². The number of benzene rings is 2. The van der Waals surface area contributed by atoms with E-state index in [0.29, 0.717) is 41.6 Å². The van der Waals surface area contributed by atoms with Crippen LogP contribution in [0.25, 0.3) is 5.65 Å². The molecule has 0 spiro atoms. The van der Waals surface area contributed by atoms with E-state index in [1.807, 2.05) is 11.0 Å². The molecule has 7 nitrogen and oxygen atoms in total. The number of nitrogens with zero attached hydrogens (tertiary/aromatic N) is 3. The number of rotatable bonds is 1. The lowest BCUT2D eigenvalue weighted by Crippen LogP contribution is -2.34. The van der Waals surface area contributed by atoms with E-state index in [1.165, 1.54) is 11.1 Å². The maximum absolute atomic E-state index is 13.6. The number of ether oxygens (including phenoxy) is 2. The van der Waals surface area contributed by atoms with Crippen molar-refractivity contribution in [1.29, 1.82) is 0 Å². The number of fused-ring (bicyclic) bond motifs is 5. The van der Waals surface area contributed by atoms with Crippen molar-refractivity contribution < 1.29 is 19.4 Å². The lowest BCUT2D eigenvalue weighted by molar-refractivity contribution is 0.0750. The van der Waals surface area contributed by atoms with Gasteiger partial charge in [0.15, 0.2) is 11.5 Å². The van der Waals surface area contributed by atoms with Crippen LogP contribution >= 0.6 is 11.6 Å². The van der Waals surface area contributed by atoms with Gasteiger partial charge in [-0.15, -0.1) is 0 Å². The molecule has 0 radical (unpaired) electrons. The molecule has 4 aromatic rings. The molecule has 2 aliphatic rings. The summed E-state index contributed by atoms with van der Waals surface area (Å²) in [5.74, 6) is 1.72. The third-order valence-corrected chi connectivity index (χ3v) is 7.19. The van der Waals surface area contributed by atoms with Crippen LogP contribution in [-0.2, 0) is 25.7 Å². The first-order valence-electron chi connectivity index (χ1n) is 12.2. The monoisotopic (exact) mass is 503 g/mol. The third kappa shape index (κ3) is 4.46. The maximum atomic E-state index is 13.6. The molecule has 8 heteroatoms. The molecule has 0 fully saturated rings. The van der Waals surface area contributed by atoms with Crippen molar-refractivity contribution in [3.05, 3.63) is 87.8 Å². The molecule has 6 rings (SSSR count). The quantitative estimate of drug-likeness (QED) is 0.402. The number of amides is 1. The Kier molecular flexibility index (Phi) is 5.93. The molecule has 0 atom stereocenters. The van der Waals surface area contributed by atoms with E-state index in [2.05, 4.69) is 23.2 Å². The second-order valence-electron chi connectivity index (χ2n) is 9.32. The standard InChI is InChI=1S/C28H26ClN3O4/c29-22-6-8-27-30-23(16-32(27)15-22)28(34)31-10-1-2-19-13-25-26(36-17-35-25)14-20(19)4-5-21-12-18(9-11-31)3-7-24(21)33/h3,6-8,12-16,33H,1-2,4-5,9-11,17H2. The Balaban J connectivity index is 1.32. The van der Waals surface area contributed by atoms with Crippen molar-refractivity contribution in [2.75, 3.05) is 19.9 Å². The van der Waals surface area contributed by atoms with E-state index < -0.39 is 0 Å². The number of aromatic nitrogens is 2. The molecule has 2 aromatic heterocycles. The number of hydrogen-bond donors (Lipinski definition) is 1. The number of pyridine rings is 1. The summed E-state index contributed by atoms with van der Waals surface area (Å²) in [6.45, 7) is 1.39. The van der Waals surface area contributed by atoms with Crippen molar-refractivity contribution in [2.24, 2.45) is 0 Å². The highest BCUT2D eigenvalue weighted by Crippen LogP contribution is 2.36. The number of imidazole rings is 1. The lowest BCUT2D eigenvalue weighted by atomic mass is 9.95. The van der Waals surface area contributed by atoms with Crippen LogP contribution in [-0.4, -0.2) is 45.2 Å². The minimum Gasteiger partial charge on any atom is -0.508 e. The van der Waals surface area contributed by atoms with Crippen molar-refractivity contribution in [2.45, 2.75) is 32.1 Å². The predicted molar refractivity (Wildman–Crippen MR) is 136 cm³/mol. The summed E-state index contributed by atoms with van der Waals surface area (Å²) in [7, 11) is 0. The number of phenolic OH excluding ortho intramolecular Hbond substituents is 1. The van der Waals surface area contributed by atoms with Gasteiger partial charge in [0.05, 0.1) is 5.02 Å². The predicted octanol–water partition coefficient (Wildman–Crippen LogP) is 4.84. The molecular weight excluding hydrogens is 478 g/mol. The highest BCUT2D eigenvalue weighted by atomic mass is 35.5. The second-order valence-corrected chi connectivity index (χ2v) is 9.76. The third-order valence-electron chi connectivity index (χ3n) is 6.97. The zero-order valence-corrected chi connectivity index (χ0v) is 20.5. The van der Waals surface area contributed by atoms with Gasteiger partial charge in [0.2, 0.25) is 6.79 Å². The van der Waals surface area contributed by atoms with Crippen molar-refractivity contribution in [3.8, 4) is 17.2 Å². The Morgan fingerprint density at radius 3 is 2.50 bits per heavy atom. The normalized spacial score (nSPS) is 15.6. The summed E-state index contributed by atoms with van der Waals surface area (Å²) in [5.41, 5.74) is 5.44. The Hall–Kier alpha value is -3.71. The molecule has 1 N–H and O–H groups in total. The van der Waals surface area contributed by atoms with Gasteiger partial charge in [0.25, 0.3) is 5.91 Å². The molecular formula is C28H26ClN3O4. The van der Waals surface area contributed by atoms with Crippen LogP contribution in [0.5, 0.6) is 17.2 Å². The number of carbonyl (C=O) groups excluding carboxylic acids is 1. The average Bonchev–Trinajstić information content (AvgIpc) is 3.51. The van der Waals surface area contributed by atoms with E-state index >= 15 is 0 Å². The second kappa shape index (κ2) is 9.39. The zero-order chi connectivity index (χ0) is 24.6. The van der Waals surface area contributed by atoms with Crippen molar-refractivity contribution in [1.82, 2.24) is 14.3 Å². The number of hydrogen-bond acceptors (Lipinski definition) is 5. The van der Waals surface area contributed by atoms with Crippen LogP contribution in [0.4, 0.5) is 0 Å². The summed E-state index contributed by atoms with van der Waals surface area (Å²) < 4.78 is 13.0. The Morgan fingerprint density at radius 1 is 0.889 bits per heavy atom. The molecule has 0 saturated carbocycles. The molecule has 184 valence electrons. The highest BCUT2D eigenvalue weighted by Gasteiger charge is 2.22. The minimum atomic E-state index is -0.102. The molecule has 0 saturated heterocycles. The van der Waals surface area contributed by atoms with Gasteiger partial charge in [-0.25, -0.2) is 4.98 Å². The minimum absolute atomic E-state index is 0.102. The molecule has 1 amide bonds. The van der Waals surface area contributed by atoms with E-state index in [0.717, 1.165) is 48.3 Å². The molecule has 2 bridgehead atoms. The fourth-order valence-electron chi connectivity index (χ4n) is 5.02. The van der Waals surface area contributed by atoms with Crippen molar-refractivity contribution in [3.63, 3.8) is 0 Å². The van der Waals surface area contributed by atoms with Gasteiger partial charge in [0, 0.05) is 25.5 Å². The van der Waals surface area contributed by atoms with E-state index in [-0.39, 0.29) is 12.7 Å². The molecule has 2 aliphatic heterocycles. The van der Waals surface area contributed by atoms with Gasteiger partial charge in [-0.2, -0.15) is 0 Å². The molecule has 2 aromatic carbocycles. The average molecular weight is 504 g/mol. The summed E-state index contributed by atoms with van der Waals surface area (Å²) in [6, 6.07) is 13.4. The van der Waals surface area contributed by atoms with Crippen LogP contribution in [0.1, 0.15) is 39.2 Å². The largest absolute Gasteiger partial charge is 0.508 e.